The number of carbonyl (C=O) groups is 3. The summed E-state index contributed by atoms with van der Waals surface area (Å²) in [6, 6.07) is 0.905. The number of anilines is 2. The summed E-state index contributed by atoms with van der Waals surface area (Å²) in [5, 5.41) is 13.0. The Kier molecular flexibility index (Phi) is 6.42. The highest BCUT2D eigenvalue weighted by atomic mass is 35.5. The molecule has 2 aliphatic heterocycles. The number of hydrogen-bond donors (Lipinski definition) is 3. The van der Waals surface area contributed by atoms with Gasteiger partial charge in [-0.3, -0.25) is 14.4 Å². The zero-order chi connectivity index (χ0) is 26.6. The summed E-state index contributed by atoms with van der Waals surface area (Å²) < 4.78 is 10.5. The van der Waals surface area contributed by atoms with Gasteiger partial charge in [-0.15, -0.1) is 0 Å². The van der Waals surface area contributed by atoms with Gasteiger partial charge in [0, 0.05) is 24.8 Å². The van der Waals surface area contributed by atoms with Crippen LogP contribution in [-0.4, -0.2) is 47.1 Å². The van der Waals surface area contributed by atoms with Crippen molar-refractivity contribution < 1.29 is 23.6 Å². The molecule has 2 aliphatic carbocycles. The summed E-state index contributed by atoms with van der Waals surface area (Å²) in [5.74, 6) is 0.219. The monoisotopic (exact) mass is 541 g/mol. The Hall–Kier alpha value is -2.98. The van der Waals surface area contributed by atoms with E-state index in [1.54, 1.807) is 6.07 Å². The van der Waals surface area contributed by atoms with Crippen molar-refractivity contribution >= 4 is 40.8 Å². The molecule has 4 heterocycles. The van der Waals surface area contributed by atoms with E-state index in [-0.39, 0.29) is 40.5 Å². The maximum atomic E-state index is 13.8. The van der Waals surface area contributed by atoms with Crippen LogP contribution in [0.2, 0.25) is 5.15 Å². The average Bonchev–Trinajstić information content (AvgIpc) is 3.82. The Labute approximate surface area is 225 Å². The molecule has 3 N–H and O–H groups in total. The van der Waals surface area contributed by atoms with Gasteiger partial charge in [0.05, 0.1) is 16.8 Å². The van der Waals surface area contributed by atoms with E-state index in [9.17, 15) is 14.4 Å². The zero-order valence-electron chi connectivity index (χ0n) is 21.5. The lowest BCUT2D eigenvalue weighted by Crippen LogP contribution is -2.50. The molecule has 6 rings (SSSR count). The van der Waals surface area contributed by atoms with Crippen molar-refractivity contribution in [2.45, 2.75) is 69.7 Å². The first-order valence-corrected chi connectivity index (χ1v) is 13.8. The van der Waals surface area contributed by atoms with Crippen LogP contribution in [0.1, 0.15) is 79.9 Å². The number of nitrogens with zero attached hydrogens (tertiary/aromatic N) is 2. The van der Waals surface area contributed by atoms with Crippen molar-refractivity contribution in [2.24, 2.45) is 17.8 Å². The number of aromatic nitrogens is 2. The fourth-order valence-electron chi connectivity index (χ4n) is 6.17. The van der Waals surface area contributed by atoms with Crippen molar-refractivity contribution in [1.82, 2.24) is 15.5 Å². The number of pyridine rings is 1. The molecule has 202 valence electrons. The first kappa shape index (κ1) is 25.3. The van der Waals surface area contributed by atoms with Crippen molar-refractivity contribution in [3.8, 4) is 0 Å². The summed E-state index contributed by atoms with van der Waals surface area (Å²) in [7, 11) is 0. The predicted molar refractivity (Wildman–Crippen MR) is 139 cm³/mol. The minimum absolute atomic E-state index is 0.00331. The second-order valence-corrected chi connectivity index (χ2v) is 11.7. The lowest BCUT2D eigenvalue weighted by Gasteiger charge is -2.31. The summed E-state index contributed by atoms with van der Waals surface area (Å²) in [6.45, 7) is 4.81. The summed E-state index contributed by atoms with van der Waals surface area (Å²) in [4.78, 5) is 44.5. The third kappa shape index (κ3) is 4.47. The minimum atomic E-state index is -0.757. The van der Waals surface area contributed by atoms with E-state index in [4.69, 9.17) is 20.9 Å². The van der Waals surface area contributed by atoms with Gasteiger partial charge in [0.2, 0.25) is 11.8 Å². The zero-order valence-corrected chi connectivity index (χ0v) is 22.3. The van der Waals surface area contributed by atoms with Crippen molar-refractivity contribution in [3.63, 3.8) is 0 Å². The summed E-state index contributed by atoms with van der Waals surface area (Å²) >= 11 is 6.63. The van der Waals surface area contributed by atoms with Crippen LogP contribution >= 0.6 is 11.6 Å². The maximum absolute atomic E-state index is 13.8. The quantitative estimate of drug-likeness (QED) is 0.429. The van der Waals surface area contributed by atoms with Crippen molar-refractivity contribution in [1.29, 1.82) is 0 Å². The van der Waals surface area contributed by atoms with Crippen LogP contribution in [0.4, 0.5) is 11.5 Å². The molecule has 3 fully saturated rings. The maximum Gasteiger partial charge on any atom is 0.257 e. The highest BCUT2D eigenvalue weighted by Gasteiger charge is 2.51. The van der Waals surface area contributed by atoms with E-state index < -0.39 is 11.5 Å². The molecule has 11 heteroatoms. The molecule has 1 spiro atoms. The van der Waals surface area contributed by atoms with Crippen LogP contribution in [0.15, 0.2) is 16.9 Å². The number of rotatable bonds is 8. The van der Waals surface area contributed by atoms with Crippen LogP contribution < -0.4 is 16.0 Å². The third-order valence-corrected chi connectivity index (χ3v) is 8.68. The van der Waals surface area contributed by atoms with E-state index in [1.807, 2.05) is 13.8 Å². The largest absolute Gasteiger partial charge is 0.381 e. The van der Waals surface area contributed by atoms with Gasteiger partial charge >= 0.3 is 0 Å². The van der Waals surface area contributed by atoms with Crippen LogP contribution in [-0.2, 0) is 19.7 Å². The molecule has 2 saturated carbocycles. The van der Waals surface area contributed by atoms with Crippen LogP contribution in [0, 0.1) is 17.8 Å². The molecule has 0 aromatic carbocycles. The first-order chi connectivity index (χ1) is 18.3. The van der Waals surface area contributed by atoms with Crippen LogP contribution in [0.5, 0.6) is 0 Å². The molecule has 38 heavy (non-hydrogen) atoms. The molecule has 0 unspecified atom stereocenters. The van der Waals surface area contributed by atoms with Gasteiger partial charge in [-0.05, 0) is 62.2 Å². The molecule has 1 atom stereocenters. The van der Waals surface area contributed by atoms with Gasteiger partial charge in [-0.25, -0.2) is 4.98 Å². The second-order valence-electron chi connectivity index (χ2n) is 11.3. The molecule has 0 bridgehead atoms. The van der Waals surface area contributed by atoms with Gasteiger partial charge in [0.1, 0.15) is 28.8 Å². The normalized spacial score (nSPS) is 20.9. The summed E-state index contributed by atoms with van der Waals surface area (Å²) in [6.07, 6.45) is 6.58. The number of ether oxygens (including phenoxy) is 1. The van der Waals surface area contributed by atoms with Gasteiger partial charge in [0.15, 0.2) is 0 Å². The topological polar surface area (TPSA) is 135 Å². The van der Waals surface area contributed by atoms with E-state index in [0.29, 0.717) is 60.4 Å². The summed E-state index contributed by atoms with van der Waals surface area (Å²) in [5.41, 5.74) is 1.36. The van der Waals surface area contributed by atoms with Gasteiger partial charge in [0.25, 0.3) is 5.91 Å². The number of amides is 3. The van der Waals surface area contributed by atoms with Gasteiger partial charge < -0.3 is 25.2 Å². The fraction of sp³-hybridized carbons (Fsp3) is 0.593. The number of halogens is 1. The number of hydrogen-bond acceptors (Lipinski definition) is 7. The van der Waals surface area contributed by atoms with Crippen molar-refractivity contribution in [2.75, 3.05) is 23.8 Å². The lowest BCUT2D eigenvalue weighted by molar-refractivity contribution is -0.124. The molecule has 2 aromatic rings. The fourth-order valence-corrected chi connectivity index (χ4v) is 6.54. The first-order valence-electron chi connectivity index (χ1n) is 13.4. The molecular weight excluding hydrogens is 510 g/mol. The molecule has 0 radical (unpaired) electrons. The smallest absolute Gasteiger partial charge is 0.257 e. The van der Waals surface area contributed by atoms with E-state index in [1.165, 1.54) is 6.26 Å². The van der Waals surface area contributed by atoms with Gasteiger partial charge in [-0.2, -0.15) is 0 Å². The molecular formula is C27H32ClN5O5. The molecule has 1 saturated heterocycles. The van der Waals surface area contributed by atoms with E-state index >= 15 is 0 Å². The Morgan fingerprint density at radius 1 is 1.16 bits per heavy atom. The standard InChI is InChI=1S/C27H32ClN5O5/c1-13(2)21-16(12-38-33-21)24(34)32-22(19(14-3-4-14)15-5-6-15)25(35)31-18-11-17-20(23(28)30-18)27(26(36)29-17)7-9-37-10-8-27/h11-15,19,22H,3-10H2,1-2H3,(H,29,36)(H,32,34)(H,30,31,35)/t22-/m0/s1. The number of nitrogens with one attached hydrogen (secondary N) is 3. The highest BCUT2D eigenvalue weighted by Crippen LogP contribution is 2.51. The Morgan fingerprint density at radius 2 is 1.84 bits per heavy atom. The van der Waals surface area contributed by atoms with Gasteiger partial charge in [-0.1, -0.05) is 30.6 Å². The van der Waals surface area contributed by atoms with Crippen molar-refractivity contribution in [3.05, 3.63) is 34.3 Å². The minimum Gasteiger partial charge on any atom is -0.381 e. The molecule has 2 aromatic heterocycles. The number of carbonyl (C=O) groups excluding carboxylic acids is 3. The Bertz CT molecular complexity index is 1270. The molecule has 3 amide bonds. The second kappa shape index (κ2) is 9.64. The average molecular weight is 542 g/mol. The highest BCUT2D eigenvalue weighted by molar-refractivity contribution is 6.32. The van der Waals surface area contributed by atoms with E-state index in [2.05, 4.69) is 26.1 Å². The molecule has 4 aliphatic rings. The third-order valence-electron chi connectivity index (χ3n) is 8.41. The predicted octanol–water partition coefficient (Wildman–Crippen LogP) is 4.02. The number of fused-ring (bicyclic) bond motifs is 2. The molecule has 10 nitrogen and oxygen atoms in total. The Balaban J connectivity index is 1.27. The Morgan fingerprint density at radius 3 is 2.47 bits per heavy atom. The lowest BCUT2D eigenvalue weighted by atomic mass is 9.76. The van der Waals surface area contributed by atoms with Crippen LogP contribution in [0.3, 0.4) is 0 Å². The van der Waals surface area contributed by atoms with E-state index in [0.717, 1.165) is 25.7 Å². The SMILES string of the molecule is CC(C)c1nocc1C(=O)N[C@H](C(=O)Nc1cc2c(c(Cl)n1)C1(CCOCC1)C(=O)N2)C(C1CC1)C1CC1. The van der Waals surface area contributed by atoms with Crippen LogP contribution in [0.25, 0.3) is 0 Å².